The predicted molar refractivity (Wildman–Crippen MR) is 113 cm³/mol. The number of para-hydroxylation sites is 2. The standard InChI is InChI=1S/C24H30N2O2/c1-17(2)19-12-11-18(3)16-23(19)28-15-7-13-26-21-9-5-4-8-20(21)25-24(26)22-10-6-14-27-22/h4-5,8-9,11-12,16-17,22H,6-7,10,13-15H2,1-3H3. The lowest BCUT2D eigenvalue weighted by molar-refractivity contribution is 0.102. The Morgan fingerprint density at radius 1 is 1.21 bits per heavy atom. The Bertz CT molecular complexity index is 939. The van der Waals surface area contributed by atoms with Gasteiger partial charge in [0.15, 0.2) is 0 Å². The first-order valence-corrected chi connectivity index (χ1v) is 10.4. The smallest absolute Gasteiger partial charge is 0.139 e. The largest absolute Gasteiger partial charge is 0.493 e. The van der Waals surface area contributed by atoms with Gasteiger partial charge >= 0.3 is 0 Å². The summed E-state index contributed by atoms with van der Waals surface area (Å²) in [5.41, 5.74) is 4.75. The van der Waals surface area contributed by atoms with Gasteiger partial charge < -0.3 is 14.0 Å². The van der Waals surface area contributed by atoms with E-state index in [4.69, 9.17) is 14.5 Å². The van der Waals surface area contributed by atoms with E-state index in [2.05, 4.69) is 61.7 Å². The molecule has 3 aromatic rings. The average molecular weight is 379 g/mol. The Kier molecular flexibility index (Phi) is 5.67. The van der Waals surface area contributed by atoms with E-state index in [1.807, 2.05) is 6.07 Å². The minimum atomic E-state index is 0.123. The number of nitrogens with zero attached hydrogens (tertiary/aromatic N) is 2. The highest BCUT2D eigenvalue weighted by atomic mass is 16.5. The van der Waals surface area contributed by atoms with Gasteiger partial charge in [-0.15, -0.1) is 0 Å². The van der Waals surface area contributed by atoms with E-state index in [0.29, 0.717) is 12.5 Å². The second kappa shape index (κ2) is 8.36. The third-order valence-corrected chi connectivity index (χ3v) is 5.48. The van der Waals surface area contributed by atoms with Crippen LogP contribution in [0.3, 0.4) is 0 Å². The summed E-state index contributed by atoms with van der Waals surface area (Å²) in [6.07, 6.45) is 3.23. The number of aromatic nitrogens is 2. The van der Waals surface area contributed by atoms with Crippen molar-refractivity contribution in [2.24, 2.45) is 0 Å². The van der Waals surface area contributed by atoms with E-state index in [1.165, 1.54) is 16.6 Å². The summed E-state index contributed by atoms with van der Waals surface area (Å²) in [4.78, 5) is 4.88. The van der Waals surface area contributed by atoms with Crippen molar-refractivity contribution in [1.29, 1.82) is 0 Å². The van der Waals surface area contributed by atoms with Crippen LogP contribution in [0.15, 0.2) is 42.5 Å². The third-order valence-electron chi connectivity index (χ3n) is 5.48. The molecule has 0 bridgehead atoms. The summed E-state index contributed by atoms with van der Waals surface area (Å²) >= 11 is 0. The molecule has 0 radical (unpaired) electrons. The Balaban J connectivity index is 1.48. The fourth-order valence-corrected chi connectivity index (χ4v) is 4.00. The molecule has 4 rings (SSSR count). The van der Waals surface area contributed by atoms with E-state index < -0.39 is 0 Å². The fourth-order valence-electron chi connectivity index (χ4n) is 4.00. The third kappa shape index (κ3) is 3.93. The highest BCUT2D eigenvalue weighted by Gasteiger charge is 2.24. The molecule has 1 fully saturated rings. The summed E-state index contributed by atoms with van der Waals surface area (Å²) in [6, 6.07) is 14.9. The van der Waals surface area contributed by atoms with Crippen molar-refractivity contribution in [2.45, 2.75) is 58.6 Å². The number of aryl methyl sites for hydroxylation is 2. The molecule has 4 heteroatoms. The molecule has 2 aromatic carbocycles. The molecule has 0 aliphatic carbocycles. The SMILES string of the molecule is Cc1ccc(C(C)C)c(OCCCn2c(C3CCCO3)nc3ccccc32)c1. The molecule has 2 heterocycles. The van der Waals surface area contributed by atoms with Gasteiger partial charge in [0, 0.05) is 13.2 Å². The Morgan fingerprint density at radius 3 is 2.86 bits per heavy atom. The highest BCUT2D eigenvalue weighted by Crippen LogP contribution is 2.31. The normalized spacial score (nSPS) is 16.9. The molecule has 1 unspecified atom stereocenters. The fraction of sp³-hybridized carbons (Fsp3) is 0.458. The van der Waals surface area contributed by atoms with Gasteiger partial charge in [0.2, 0.25) is 0 Å². The van der Waals surface area contributed by atoms with Crippen LogP contribution in [-0.2, 0) is 11.3 Å². The van der Waals surface area contributed by atoms with E-state index in [-0.39, 0.29) is 6.10 Å². The minimum absolute atomic E-state index is 0.123. The van der Waals surface area contributed by atoms with Gasteiger partial charge in [-0.25, -0.2) is 4.98 Å². The van der Waals surface area contributed by atoms with Gasteiger partial charge in [0.25, 0.3) is 0 Å². The number of rotatable bonds is 7. The zero-order valence-corrected chi connectivity index (χ0v) is 17.1. The molecule has 0 amide bonds. The summed E-state index contributed by atoms with van der Waals surface area (Å²) in [7, 11) is 0. The number of hydrogen-bond acceptors (Lipinski definition) is 3. The van der Waals surface area contributed by atoms with Crippen LogP contribution in [0.5, 0.6) is 5.75 Å². The van der Waals surface area contributed by atoms with Crippen molar-refractivity contribution in [3.8, 4) is 5.75 Å². The number of ether oxygens (including phenoxy) is 2. The highest BCUT2D eigenvalue weighted by molar-refractivity contribution is 5.76. The van der Waals surface area contributed by atoms with Crippen LogP contribution in [0.1, 0.15) is 62.1 Å². The molecule has 0 N–H and O–H groups in total. The van der Waals surface area contributed by atoms with Crippen LogP contribution in [0, 0.1) is 6.92 Å². The summed E-state index contributed by atoms with van der Waals surface area (Å²) in [5, 5.41) is 0. The number of hydrogen-bond donors (Lipinski definition) is 0. The molecule has 28 heavy (non-hydrogen) atoms. The first-order valence-electron chi connectivity index (χ1n) is 10.4. The summed E-state index contributed by atoms with van der Waals surface area (Å²) in [6.45, 7) is 8.95. The maximum Gasteiger partial charge on any atom is 0.139 e. The molecule has 1 atom stereocenters. The molecule has 0 spiro atoms. The topological polar surface area (TPSA) is 36.3 Å². The van der Waals surface area contributed by atoms with Crippen LogP contribution >= 0.6 is 0 Å². The first-order chi connectivity index (χ1) is 13.6. The lowest BCUT2D eigenvalue weighted by atomic mass is 10.0. The van der Waals surface area contributed by atoms with Crippen molar-refractivity contribution in [3.05, 3.63) is 59.4 Å². The van der Waals surface area contributed by atoms with Gasteiger partial charge in [0.1, 0.15) is 17.7 Å². The number of benzene rings is 2. The predicted octanol–water partition coefficient (Wildman–Crippen LogP) is 5.79. The Morgan fingerprint density at radius 2 is 2.07 bits per heavy atom. The van der Waals surface area contributed by atoms with Crippen molar-refractivity contribution in [1.82, 2.24) is 9.55 Å². The lowest BCUT2D eigenvalue weighted by Gasteiger charge is -2.16. The van der Waals surface area contributed by atoms with E-state index >= 15 is 0 Å². The van der Waals surface area contributed by atoms with E-state index in [0.717, 1.165) is 49.5 Å². The van der Waals surface area contributed by atoms with Crippen LogP contribution < -0.4 is 4.74 Å². The minimum Gasteiger partial charge on any atom is -0.493 e. The molecule has 1 saturated heterocycles. The molecular formula is C24H30N2O2. The first kappa shape index (κ1) is 19.0. The van der Waals surface area contributed by atoms with Gasteiger partial charge in [-0.05, 0) is 61.4 Å². The molecular weight excluding hydrogens is 348 g/mol. The van der Waals surface area contributed by atoms with Gasteiger partial charge in [-0.3, -0.25) is 0 Å². The number of fused-ring (bicyclic) bond motifs is 1. The maximum absolute atomic E-state index is 6.19. The summed E-state index contributed by atoms with van der Waals surface area (Å²) in [5.74, 6) is 2.54. The zero-order chi connectivity index (χ0) is 19.5. The molecule has 1 aromatic heterocycles. The van der Waals surface area contributed by atoms with Crippen molar-refractivity contribution in [2.75, 3.05) is 13.2 Å². The van der Waals surface area contributed by atoms with Crippen LogP contribution in [-0.4, -0.2) is 22.8 Å². The van der Waals surface area contributed by atoms with Crippen LogP contribution in [0.25, 0.3) is 11.0 Å². The van der Waals surface area contributed by atoms with Gasteiger partial charge in [-0.1, -0.05) is 38.1 Å². The number of imidazole rings is 1. The lowest BCUT2D eigenvalue weighted by Crippen LogP contribution is -2.11. The second-order valence-corrected chi connectivity index (χ2v) is 8.01. The molecule has 4 nitrogen and oxygen atoms in total. The molecule has 0 saturated carbocycles. The van der Waals surface area contributed by atoms with E-state index in [1.54, 1.807) is 0 Å². The Labute approximate surface area is 167 Å². The van der Waals surface area contributed by atoms with Crippen LogP contribution in [0.4, 0.5) is 0 Å². The summed E-state index contributed by atoms with van der Waals surface area (Å²) < 4.78 is 14.4. The molecule has 1 aliphatic heterocycles. The van der Waals surface area contributed by atoms with E-state index in [9.17, 15) is 0 Å². The maximum atomic E-state index is 6.19. The Hall–Kier alpha value is -2.33. The molecule has 1 aliphatic rings. The monoisotopic (exact) mass is 378 g/mol. The van der Waals surface area contributed by atoms with Crippen LogP contribution in [0.2, 0.25) is 0 Å². The van der Waals surface area contributed by atoms with Crippen molar-refractivity contribution in [3.63, 3.8) is 0 Å². The van der Waals surface area contributed by atoms with Gasteiger partial charge in [0.05, 0.1) is 17.6 Å². The molecule has 148 valence electrons. The average Bonchev–Trinajstić information content (AvgIpc) is 3.33. The van der Waals surface area contributed by atoms with Gasteiger partial charge in [-0.2, -0.15) is 0 Å². The second-order valence-electron chi connectivity index (χ2n) is 8.01. The zero-order valence-electron chi connectivity index (χ0n) is 17.1. The van der Waals surface area contributed by atoms with Crippen molar-refractivity contribution < 1.29 is 9.47 Å². The van der Waals surface area contributed by atoms with Crippen molar-refractivity contribution >= 4 is 11.0 Å². The quantitative estimate of drug-likeness (QED) is 0.488.